The maximum Gasteiger partial charge on any atom is 0.323 e. The molecular formula is C11H15N3O4. The molecule has 1 atom stereocenters. The fourth-order valence-corrected chi connectivity index (χ4v) is 2.34. The van der Waals surface area contributed by atoms with Gasteiger partial charge in [-0.1, -0.05) is 0 Å². The predicted octanol–water partition coefficient (Wildman–Crippen LogP) is 0.530. The molecule has 7 nitrogen and oxygen atoms in total. The summed E-state index contributed by atoms with van der Waals surface area (Å²) in [6, 6.07) is 2.59. The zero-order valence-electron chi connectivity index (χ0n) is 10.1. The maximum absolute atomic E-state index is 12.2. The van der Waals surface area contributed by atoms with Gasteiger partial charge >= 0.3 is 5.82 Å². The van der Waals surface area contributed by atoms with E-state index >= 15 is 0 Å². The molecule has 2 rings (SSSR count). The molecule has 0 bridgehead atoms. The van der Waals surface area contributed by atoms with Crippen LogP contribution in [-0.2, 0) is 7.05 Å². The number of aliphatic hydroxyl groups is 1. The van der Waals surface area contributed by atoms with Crippen LogP contribution in [0, 0.1) is 10.1 Å². The van der Waals surface area contributed by atoms with Gasteiger partial charge in [0.25, 0.3) is 5.91 Å². The minimum Gasteiger partial charge on any atom is -0.394 e. The smallest absolute Gasteiger partial charge is 0.323 e. The van der Waals surface area contributed by atoms with E-state index in [0.29, 0.717) is 6.54 Å². The number of likely N-dealkylation sites (tertiary alicyclic amines) is 1. The zero-order valence-corrected chi connectivity index (χ0v) is 10.1. The van der Waals surface area contributed by atoms with Crippen LogP contribution in [0.5, 0.6) is 0 Å². The van der Waals surface area contributed by atoms with Gasteiger partial charge in [0.15, 0.2) is 5.69 Å². The number of amides is 1. The van der Waals surface area contributed by atoms with Crippen LogP contribution in [0.1, 0.15) is 23.3 Å². The summed E-state index contributed by atoms with van der Waals surface area (Å²) in [6.07, 6.45) is 1.62. The third-order valence-corrected chi connectivity index (χ3v) is 3.35. The molecule has 0 aromatic carbocycles. The number of rotatable bonds is 3. The standard InChI is InChI=1S/C11H15N3O4/c1-12-9(4-5-10(12)14(17)18)11(16)13-6-2-3-8(13)7-15/h4-5,8,15H,2-3,6-7H2,1H3/t8-/m0/s1. The van der Waals surface area contributed by atoms with Crippen LogP contribution in [0.2, 0.25) is 0 Å². The van der Waals surface area contributed by atoms with Gasteiger partial charge in [0.05, 0.1) is 19.7 Å². The number of carbonyl (C=O) groups excluding carboxylic acids is 1. The van der Waals surface area contributed by atoms with Crippen molar-refractivity contribution < 1.29 is 14.8 Å². The summed E-state index contributed by atoms with van der Waals surface area (Å²) in [6.45, 7) is 0.515. The van der Waals surface area contributed by atoms with Crippen LogP contribution >= 0.6 is 0 Å². The zero-order chi connectivity index (χ0) is 13.3. The highest BCUT2D eigenvalue weighted by molar-refractivity contribution is 5.93. The number of nitrogens with zero attached hydrogens (tertiary/aromatic N) is 3. The second kappa shape index (κ2) is 4.77. The first-order chi connectivity index (χ1) is 8.56. The quantitative estimate of drug-likeness (QED) is 0.628. The molecule has 7 heteroatoms. The van der Waals surface area contributed by atoms with Crippen LogP contribution in [0.25, 0.3) is 0 Å². The highest BCUT2D eigenvalue weighted by Crippen LogP contribution is 2.22. The summed E-state index contributed by atoms with van der Waals surface area (Å²) < 4.78 is 1.27. The van der Waals surface area contributed by atoms with Crippen molar-refractivity contribution in [2.45, 2.75) is 18.9 Å². The Bertz CT molecular complexity index is 483. The third-order valence-electron chi connectivity index (χ3n) is 3.35. The highest BCUT2D eigenvalue weighted by Gasteiger charge is 2.32. The van der Waals surface area contributed by atoms with Gasteiger partial charge in [-0.25, -0.2) is 4.57 Å². The first-order valence-corrected chi connectivity index (χ1v) is 5.78. The minimum absolute atomic E-state index is 0.0712. The van der Waals surface area contributed by atoms with E-state index in [1.165, 1.54) is 23.7 Å². The lowest BCUT2D eigenvalue weighted by Gasteiger charge is -2.21. The summed E-state index contributed by atoms with van der Waals surface area (Å²) in [4.78, 5) is 24.0. The fraction of sp³-hybridized carbons (Fsp3) is 0.545. The Hall–Kier alpha value is -1.89. The highest BCUT2D eigenvalue weighted by atomic mass is 16.6. The molecule has 2 heterocycles. The van der Waals surface area contributed by atoms with Crippen LogP contribution in [0.15, 0.2) is 12.1 Å². The average Bonchev–Trinajstić information content (AvgIpc) is 2.93. The molecule has 1 amide bonds. The van der Waals surface area contributed by atoms with E-state index < -0.39 is 4.92 Å². The first-order valence-electron chi connectivity index (χ1n) is 5.78. The Labute approximate surface area is 104 Å². The van der Waals surface area contributed by atoms with E-state index in [9.17, 15) is 20.0 Å². The van der Waals surface area contributed by atoms with Gasteiger partial charge in [-0.3, -0.25) is 4.79 Å². The molecule has 0 aliphatic carbocycles. The summed E-state index contributed by atoms with van der Waals surface area (Å²) >= 11 is 0. The van der Waals surface area contributed by atoms with Gasteiger partial charge in [-0.05, 0) is 23.8 Å². The molecule has 1 saturated heterocycles. The van der Waals surface area contributed by atoms with Crippen molar-refractivity contribution in [1.82, 2.24) is 9.47 Å². The number of nitro groups is 1. The predicted molar refractivity (Wildman–Crippen MR) is 63.2 cm³/mol. The molecule has 1 aliphatic heterocycles. The molecule has 1 aromatic heterocycles. The lowest BCUT2D eigenvalue weighted by Crippen LogP contribution is -2.38. The van der Waals surface area contributed by atoms with Crippen molar-refractivity contribution in [1.29, 1.82) is 0 Å². The summed E-state index contributed by atoms with van der Waals surface area (Å²) in [5.41, 5.74) is 0.280. The van der Waals surface area contributed by atoms with E-state index in [-0.39, 0.29) is 30.1 Å². The Morgan fingerprint density at radius 3 is 2.89 bits per heavy atom. The molecule has 0 radical (unpaired) electrons. The SMILES string of the molecule is Cn1c(C(=O)N2CCC[C@H]2CO)ccc1[N+](=O)[O-]. The maximum atomic E-state index is 12.2. The molecule has 1 aliphatic rings. The van der Waals surface area contributed by atoms with Gasteiger partial charge in [0, 0.05) is 12.6 Å². The van der Waals surface area contributed by atoms with E-state index in [2.05, 4.69) is 0 Å². The molecule has 1 N–H and O–H groups in total. The second-order valence-corrected chi connectivity index (χ2v) is 4.37. The van der Waals surface area contributed by atoms with Gasteiger partial charge < -0.3 is 20.1 Å². The fourth-order valence-electron chi connectivity index (χ4n) is 2.34. The molecule has 0 saturated carbocycles. The average molecular weight is 253 g/mol. The largest absolute Gasteiger partial charge is 0.394 e. The molecule has 18 heavy (non-hydrogen) atoms. The number of aliphatic hydroxyl groups excluding tert-OH is 1. The Balaban J connectivity index is 2.26. The van der Waals surface area contributed by atoms with Gasteiger partial charge in [0.2, 0.25) is 0 Å². The summed E-state index contributed by atoms with van der Waals surface area (Å²) in [7, 11) is 1.50. The molecule has 0 unspecified atom stereocenters. The van der Waals surface area contributed by atoms with E-state index in [1.807, 2.05) is 0 Å². The van der Waals surface area contributed by atoms with Gasteiger partial charge in [0.1, 0.15) is 0 Å². The molecule has 1 fully saturated rings. The van der Waals surface area contributed by atoms with E-state index in [1.54, 1.807) is 4.90 Å². The third kappa shape index (κ3) is 1.97. The lowest BCUT2D eigenvalue weighted by atomic mass is 10.2. The minimum atomic E-state index is -0.524. The lowest BCUT2D eigenvalue weighted by molar-refractivity contribution is -0.391. The molecule has 0 spiro atoms. The summed E-state index contributed by atoms with van der Waals surface area (Å²) in [5.74, 6) is -0.375. The van der Waals surface area contributed by atoms with E-state index in [4.69, 9.17) is 0 Å². The monoisotopic (exact) mass is 253 g/mol. The number of aromatic nitrogens is 1. The normalized spacial score (nSPS) is 19.2. The number of carbonyl (C=O) groups is 1. The molecule has 1 aromatic rings. The first kappa shape index (κ1) is 12.6. The second-order valence-electron chi connectivity index (χ2n) is 4.37. The van der Waals surface area contributed by atoms with Crippen LogP contribution in [0.3, 0.4) is 0 Å². The van der Waals surface area contributed by atoms with Crippen molar-refractivity contribution in [3.05, 3.63) is 27.9 Å². The van der Waals surface area contributed by atoms with Crippen molar-refractivity contribution >= 4 is 11.7 Å². The van der Waals surface area contributed by atoms with E-state index in [0.717, 1.165) is 12.8 Å². The Morgan fingerprint density at radius 1 is 1.61 bits per heavy atom. The Morgan fingerprint density at radius 2 is 2.33 bits per heavy atom. The van der Waals surface area contributed by atoms with Gasteiger partial charge in [-0.2, -0.15) is 0 Å². The molecule has 98 valence electrons. The Kier molecular flexibility index (Phi) is 3.33. The summed E-state index contributed by atoms with van der Waals surface area (Å²) in [5, 5.41) is 19.9. The number of hydrogen-bond donors (Lipinski definition) is 1. The van der Waals surface area contributed by atoms with Crippen molar-refractivity contribution in [3.8, 4) is 0 Å². The number of hydrogen-bond acceptors (Lipinski definition) is 4. The topological polar surface area (TPSA) is 88.6 Å². The van der Waals surface area contributed by atoms with Crippen LogP contribution in [0.4, 0.5) is 5.82 Å². The van der Waals surface area contributed by atoms with Crippen molar-refractivity contribution in [2.75, 3.05) is 13.2 Å². The molecular weight excluding hydrogens is 238 g/mol. The van der Waals surface area contributed by atoms with Crippen LogP contribution in [-0.4, -0.2) is 44.6 Å². The van der Waals surface area contributed by atoms with Crippen LogP contribution < -0.4 is 0 Å². The van der Waals surface area contributed by atoms with Crippen molar-refractivity contribution in [3.63, 3.8) is 0 Å². The van der Waals surface area contributed by atoms with Gasteiger partial charge in [-0.15, -0.1) is 0 Å². The van der Waals surface area contributed by atoms with Crippen molar-refractivity contribution in [2.24, 2.45) is 7.05 Å².